The van der Waals surface area contributed by atoms with Gasteiger partial charge in [-0.15, -0.1) is 0 Å². The van der Waals surface area contributed by atoms with Gasteiger partial charge in [0.2, 0.25) is 0 Å². The van der Waals surface area contributed by atoms with E-state index in [9.17, 15) is 17.7 Å². The van der Waals surface area contributed by atoms with Gasteiger partial charge in [-0.3, -0.25) is 4.90 Å². The first-order chi connectivity index (χ1) is 15.2. The molecule has 1 aliphatic heterocycles. The first-order valence-electron chi connectivity index (χ1n) is 9.96. The molecule has 3 aromatic carbocycles. The molecule has 0 saturated carbocycles. The SMILES string of the molecule is [O-][S+](c1ccccc1)C1CN(Cc2ccccc2)CC1(c1cc(Cl)cc(Cl)c1)C(F)(F)F. The smallest absolute Gasteiger partial charge is 0.404 e. The molecule has 168 valence electrons. The molecule has 0 aliphatic carbocycles. The Hall–Kier alpha value is -1.70. The van der Waals surface area contributed by atoms with Gasteiger partial charge < -0.3 is 4.55 Å². The van der Waals surface area contributed by atoms with E-state index in [0.717, 1.165) is 5.56 Å². The van der Waals surface area contributed by atoms with E-state index in [1.54, 1.807) is 35.2 Å². The van der Waals surface area contributed by atoms with Crippen LogP contribution in [0.15, 0.2) is 83.8 Å². The van der Waals surface area contributed by atoms with Gasteiger partial charge in [0.15, 0.2) is 15.6 Å². The third-order valence-electron chi connectivity index (χ3n) is 5.81. The Morgan fingerprint density at radius 2 is 1.50 bits per heavy atom. The molecule has 0 bridgehead atoms. The number of likely N-dealkylation sites (tertiary alicyclic amines) is 1. The van der Waals surface area contributed by atoms with Crippen molar-refractivity contribution in [3.8, 4) is 0 Å². The van der Waals surface area contributed by atoms with Gasteiger partial charge >= 0.3 is 6.18 Å². The lowest BCUT2D eigenvalue weighted by Gasteiger charge is -2.37. The minimum absolute atomic E-state index is 0.0139. The van der Waals surface area contributed by atoms with Crippen molar-refractivity contribution in [1.82, 2.24) is 4.90 Å². The van der Waals surface area contributed by atoms with E-state index in [0.29, 0.717) is 11.4 Å². The highest BCUT2D eigenvalue weighted by atomic mass is 35.5. The van der Waals surface area contributed by atoms with E-state index in [2.05, 4.69) is 0 Å². The molecule has 4 rings (SSSR count). The quantitative estimate of drug-likeness (QED) is 0.376. The Labute approximate surface area is 198 Å². The van der Waals surface area contributed by atoms with Crippen LogP contribution in [-0.2, 0) is 23.1 Å². The fourth-order valence-electron chi connectivity index (χ4n) is 4.37. The van der Waals surface area contributed by atoms with Crippen molar-refractivity contribution in [1.29, 1.82) is 0 Å². The van der Waals surface area contributed by atoms with Crippen LogP contribution in [0.4, 0.5) is 13.2 Å². The molecule has 0 aromatic heterocycles. The summed E-state index contributed by atoms with van der Waals surface area (Å²) in [5.41, 5.74) is -1.57. The average molecular weight is 498 g/mol. The number of hydrogen-bond donors (Lipinski definition) is 0. The summed E-state index contributed by atoms with van der Waals surface area (Å²) in [6.07, 6.45) is -4.68. The van der Waals surface area contributed by atoms with Gasteiger partial charge in [-0.1, -0.05) is 71.7 Å². The van der Waals surface area contributed by atoms with Crippen LogP contribution in [0.5, 0.6) is 0 Å². The number of alkyl halides is 3. The number of rotatable bonds is 5. The maximum atomic E-state index is 15.0. The number of nitrogens with zero attached hydrogens (tertiary/aromatic N) is 1. The Morgan fingerprint density at radius 1 is 0.938 bits per heavy atom. The molecule has 0 amide bonds. The van der Waals surface area contributed by atoms with Crippen LogP contribution in [0, 0.1) is 0 Å². The van der Waals surface area contributed by atoms with Crippen molar-refractivity contribution in [2.45, 2.75) is 28.3 Å². The Kier molecular flexibility index (Phi) is 6.80. The summed E-state index contributed by atoms with van der Waals surface area (Å²) in [6, 6.07) is 21.6. The van der Waals surface area contributed by atoms with Gasteiger partial charge in [-0.05, 0) is 52.6 Å². The van der Waals surface area contributed by atoms with Gasteiger partial charge in [0.1, 0.15) is 0 Å². The van der Waals surface area contributed by atoms with Crippen LogP contribution < -0.4 is 0 Å². The van der Waals surface area contributed by atoms with Gasteiger partial charge in [0.25, 0.3) is 0 Å². The molecule has 32 heavy (non-hydrogen) atoms. The minimum atomic E-state index is -4.68. The van der Waals surface area contributed by atoms with E-state index in [1.807, 2.05) is 30.3 Å². The van der Waals surface area contributed by atoms with Gasteiger partial charge in [0.05, 0.1) is 0 Å². The summed E-state index contributed by atoms with van der Waals surface area (Å²) in [4.78, 5) is 2.07. The first kappa shape index (κ1) is 23.5. The predicted molar refractivity (Wildman–Crippen MR) is 123 cm³/mol. The molecule has 2 nitrogen and oxygen atoms in total. The lowest BCUT2D eigenvalue weighted by molar-refractivity contribution is -0.186. The van der Waals surface area contributed by atoms with Crippen molar-refractivity contribution < 1.29 is 17.7 Å². The highest BCUT2D eigenvalue weighted by Gasteiger charge is 2.68. The molecule has 3 aromatic rings. The topological polar surface area (TPSA) is 26.3 Å². The van der Waals surface area contributed by atoms with E-state index in [-0.39, 0.29) is 28.7 Å². The lowest BCUT2D eigenvalue weighted by atomic mass is 9.78. The normalized spacial score (nSPS) is 22.8. The second-order valence-corrected chi connectivity index (χ2v) is 10.4. The number of benzene rings is 3. The fraction of sp³-hybridized carbons (Fsp3) is 0.250. The molecule has 1 aliphatic rings. The molecule has 8 heteroatoms. The van der Waals surface area contributed by atoms with E-state index in [4.69, 9.17) is 23.2 Å². The second-order valence-electron chi connectivity index (χ2n) is 7.88. The van der Waals surface area contributed by atoms with Crippen molar-refractivity contribution in [3.63, 3.8) is 0 Å². The average Bonchev–Trinajstić information content (AvgIpc) is 3.14. The Morgan fingerprint density at radius 3 is 2.06 bits per heavy atom. The highest BCUT2D eigenvalue weighted by molar-refractivity contribution is 7.92. The van der Waals surface area contributed by atoms with Crippen molar-refractivity contribution in [3.05, 3.63) is 100 Å². The molecule has 0 spiro atoms. The Balaban J connectivity index is 1.84. The number of hydrogen-bond acceptors (Lipinski definition) is 2. The van der Waals surface area contributed by atoms with Crippen molar-refractivity contribution in [2.24, 2.45) is 0 Å². The van der Waals surface area contributed by atoms with Crippen LogP contribution in [0.25, 0.3) is 0 Å². The predicted octanol–water partition coefficient (Wildman–Crippen LogP) is 6.49. The zero-order chi connectivity index (χ0) is 22.9. The maximum absolute atomic E-state index is 15.0. The lowest BCUT2D eigenvalue weighted by Crippen LogP contribution is -2.54. The molecule has 1 saturated heterocycles. The largest absolute Gasteiger partial charge is 0.611 e. The van der Waals surface area contributed by atoms with Crippen molar-refractivity contribution >= 4 is 34.4 Å². The van der Waals surface area contributed by atoms with Gasteiger partial charge in [-0.25, -0.2) is 0 Å². The van der Waals surface area contributed by atoms with E-state index in [1.165, 1.54) is 18.2 Å². The molecular formula is C24H20Cl2F3NOS. The summed E-state index contributed by atoms with van der Waals surface area (Å²) < 4.78 is 58.4. The zero-order valence-corrected chi connectivity index (χ0v) is 19.2. The minimum Gasteiger partial charge on any atom is -0.611 e. The van der Waals surface area contributed by atoms with Crippen LogP contribution in [0.3, 0.4) is 0 Å². The monoisotopic (exact) mass is 497 g/mol. The fourth-order valence-corrected chi connectivity index (χ4v) is 6.70. The van der Waals surface area contributed by atoms with Crippen molar-refractivity contribution in [2.75, 3.05) is 13.1 Å². The Bertz CT molecular complexity index is 1050. The van der Waals surface area contributed by atoms with Crippen LogP contribution in [0.2, 0.25) is 10.0 Å². The highest BCUT2D eigenvalue weighted by Crippen LogP contribution is 2.52. The van der Waals surface area contributed by atoms with Crippen LogP contribution >= 0.6 is 23.2 Å². The summed E-state index contributed by atoms with van der Waals surface area (Å²) in [7, 11) is 0. The molecular weight excluding hydrogens is 478 g/mol. The second kappa shape index (κ2) is 9.27. The summed E-state index contributed by atoms with van der Waals surface area (Å²) in [6.45, 7) is -0.0131. The van der Waals surface area contributed by atoms with E-state index < -0.39 is 28.0 Å². The summed E-state index contributed by atoms with van der Waals surface area (Å²) in [5, 5.41) is -1.01. The molecule has 3 unspecified atom stereocenters. The third-order valence-corrected chi connectivity index (χ3v) is 8.05. The van der Waals surface area contributed by atoms with E-state index >= 15 is 0 Å². The van der Waals surface area contributed by atoms with Crippen LogP contribution in [-0.4, -0.2) is 34.0 Å². The number of halogens is 5. The molecule has 0 radical (unpaired) electrons. The van der Waals surface area contributed by atoms with Crippen LogP contribution in [0.1, 0.15) is 11.1 Å². The van der Waals surface area contributed by atoms with Gasteiger partial charge in [0, 0.05) is 29.7 Å². The summed E-state index contributed by atoms with van der Waals surface area (Å²) >= 11 is 10.3. The standard InChI is InChI=1S/C24H20Cl2F3NOS/c25-19-11-18(12-20(26)13-19)23(24(27,28)29)16-30(14-17-7-3-1-4-8-17)15-22(23)32(31)21-9-5-2-6-10-21/h1-13,22H,14-16H2. The molecule has 1 heterocycles. The zero-order valence-electron chi connectivity index (χ0n) is 16.9. The van der Waals surface area contributed by atoms with Gasteiger partial charge in [-0.2, -0.15) is 13.2 Å². The molecule has 3 atom stereocenters. The third kappa shape index (κ3) is 4.52. The summed E-state index contributed by atoms with van der Waals surface area (Å²) in [5.74, 6) is 0. The molecule has 1 fully saturated rings. The first-order valence-corrected chi connectivity index (χ1v) is 11.9. The molecule has 0 N–H and O–H groups in total. The maximum Gasteiger partial charge on any atom is 0.404 e.